The number of hydrogen-bond acceptors (Lipinski definition) is 22. The second-order valence-corrected chi connectivity index (χ2v) is 17.4. The summed E-state index contributed by atoms with van der Waals surface area (Å²) in [6.45, 7) is -0.253. The smallest absolute Gasteiger partial charge is 0.748 e. The van der Waals surface area contributed by atoms with Crippen molar-refractivity contribution in [2.75, 3.05) is 30.5 Å². The second-order valence-electron chi connectivity index (χ2n) is 11.9. The van der Waals surface area contributed by atoms with Crippen molar-refractivity contribution in [3.8, 4) is 5.75 Å². The zero-order valence-electron chi connectivity index (χ0n) is 35.4. The van der Waals surface area contributed by atoms with Gasteiger partial charge in [-0.25, -0.2) is 44.8 Å². The number of rotatable bonds is 19. The Hall–Kier alpha value is -1.84. The molecule has 5 aromatic rings. The molecule has 0 saturated heterocycles. The van der Waals surface area contributed by atoms with Crippen molar-refractivity contribution in [1.82, 2.24) is 15.0 Å². The van der Waals surface area contributed by atoms with Crippen molar-refractivity contribution >= 4 is 76.4 Å². The Bertz CT molecular complexity index is 2760. The van der Waals surface area contributed by atoms with E-state index in [-0.39, 0.29) is 179 Å². The Labute approximate surface area is 465 Å². The number of ether oxygens (including phenoxy) is 1. The molecule has 65 heavy (non-hydrogen) atoms. The molecule has 4 aromatic carbocycles. The number of nitrogens with zero attached hydrogens (tertiary/aromatic N) is 7. The first kappa shape index (κ1) is 63.2. The van der Waals surface area contributed by atoms with E-state index < -0.39 is 57.0 Å². The number of carbonyl (C=O) groups is 1. The number of benzene rings is 4. The molecule has 1 heterocycles. The number of carbonyl (C=O) groups excluding carboxylic acids is 1. The third kappa shape index (κ3) is 23.3. The molecule has 0 spiro atoms. The van der Waals surface area contributed by atoms with Crippen molar-refractivity contribution < 1.29 is 180 Å². The van der Waals surface area contributed by atoms with E-state index in [4.69, 9.17) is 9.99 Å². The maximum atomic E-state index is 11.3. The first-order valence-corrected chi connectivity index (χ1v) is 22.7. The molecule has 0 radical (unpaired) electrons. The van der Waals surface area contributed by atoms with E-state index in [9.17, 15) is 47.9 Å². The van der Waals surface area contributed by atoms with E-state index in [0.717, 1.165) is 24.3 Å². The molecule has 30 heteroatoms. The van der Waals surface area contributed by atoms with Crippen molar-refractivity contribution in [1.29, 1.82) is 0 Å². The zero-order chi connectivity index (χ0) is 44.6. The van der Waals surface area contributed by atoms with E-state index in [0.29, 0.717) is 34.5 Å². The molecule has 324 valence electrons. The van der Waals surface area contributed by atoms with Crippen LogP contribution < -0.4 is 128 Å². The van der Waals surface area contributed by atoms with Crippen LogP contribution in [0.1, 0.15) is 29.2 Å². The third-order valence-electron chi connectivity index (χ3n) is 7.45. The Balaban J connectivity index is 0.00000312. The van der Waals surface area contributed by atoms with Gasteiger partial charge in [-0.15, -0.1) is 16.5 Å². The largest absolute Gasteiger partial charge is 1.00 e. The average molecular weight is 1010 g/mol. The Morgan fingerprint density at radius 2 is 1.26 bits per heavy atom. The second kappa shape index (κ2) is 30.6. The van der Waals surface area contributed by atoms with E-state index in [1.54, 1.807) is 30.3 Å². The van der Waals surface area contributed by atoms with Gasteiger partial charge in [0.15, 0.2) is 11.1 Å². The predicted molar refractivity (Wildman–Crippen MR) is 211 cm³/mol. The molecular formula is C35H32N8Na4O14S4. The molecule has 1 unspecified atom stereocenters. The van der Waals surface area contributed by atoms with Crippen LogP contribution in [-0.2, 0) is 63.4 Å². The van der Waals surface area contributed by atoms with Crippen LogP contribution in [0.2, 0.25) is 0 Å². The van der Waals surface area contributed by atoms with Crippen molar-refractivity contribution in [3.05, 3.63) is 114 Å². The quantitative estimate of drug-likeness (QED) is 0.0148. The van der Waals surface area contributed by atoms with E-state index in [2.05, 4.69) is 51.1 Å². The Morgan fingerprint density at radius 3 is 1.74 bits per heavy atom. The molecule has 0 aliphatic rings. The summed E-state index contributed by atoms with van der Waals surface area (Å²) in [6, 6.07) is 23.0. The van der Waals surface area contributed by atoms with Crippen LogP contribution in [0.5, 0.6) is 5.75 Å². The maximum Gasteiger partial charge on any atom is 1.00 e. The number of methoxy groups -OCH3 is 1. The first-order chi connectivity index (χ1) is 28.8. The van der Waals surface area contributed by atoms with Gasteiger partial charge in [-0.1, -0.05) is 18.2 Å². The SMILES string of the molecule is COc1cc(N=Nc2cccc(S(=O)(=O)[O-])c2)ccc1Cc1nc(Cc2[c-]cc(N=Nc3cccc(S(=O)(=O)[O-])c3)cc2)nc(NCCS(=O)(=O)[O-])n1.O=CCCS(=O)OO.[Na+].[Na+].[Na+].[Na+]. The minimum atomic E-state index is -4.67. The van der Waals surface area contributed by atoms with Gasteiger partial charge in [-0.05, 0) is 48.2 Å². The molecule has 22 nitrogen and oxygen atoms in total. The molecule has 0 bridgehead atoms. The number of aromatic nitrogens is 3. The van der Waals surface area contributed by atoms with Crippen molar-refractivity contribution in [2.24, 2.45) is 20.5 Å². The van der Waals surface area contributed by atoms with Gasteiger partial charge in [0.2, 0.25) is 5.95 Å². The normalized spacial score (nSPS) is 11.7. The monoisotopic (exact) mass is 1010 g/mol. The molecule has 5 rings (SSSR count). The molecule has 1 atom stereocenters. The molecule has 0 aliphatic carbocycles. The fraction of sp³-hybridized carbons (Fsp3) is 0.200. The standard InChI is InChI=1S/C32H29N8O10S3.C3H6O4S.4Na/c1-50-29-20-26(40-39-25-5-3-7-28(19-25)53(47,48)49)13-10-22(29)17-31-34-30(35-32(36-31)33-14-15-51(41,42)43)16-21-8-11-23(12-9-21)37-38-24-4-2-6-27(18-24)52(44,45)46;4-2-1-3-8(6)7-5;;;;/h2-8,10-13,18-20H,14-17H2,1H3,(H,41,42,43)(H,44,45,46)(H,47,48,49)(H,33,34,35,36);2,5H,1,3H2;;;;/q-1;;4*+1/p-3. The fourth-order valence-electron chi connectivity index (χ4n) is 4.71. The van der Waals surface area contributed by atoms with Gasteiger partial charge < -0.3 is 28.5 Å². The number of hydrogen-bond donors (Lipinski definition) is 2. The van der Waals surface area contributed by atoms with Crippen LogP contribution in [0, 0.1) is 6.07 Å². The Morgan fingerprint density at radius 1 is 0.738 bits per heavy atom. The van der Waals surface area contributed by atoms with Gasteiger partial charge in [0.1, 0.15) is 43.9 Å². The number of aldehydes is 1. The van der Waals surface area contributed by atoms with Gasteiger partial charge in [0.25, 0.3) is 0 Å². The summed E-state index contributed by atoms with van der Waals surface area (Å²) in [5.74, 6) is 0.290. The minimum absolute atomic E-state index is 0. The molecule has 0 saturated carbocycles. The number of azo groups is 2. The predicted octanol–water partition coefficient (Wildman–Crippen LogP) is -7.80. The van der Waals surface area contributed by atoms with E-state index in [1.807, 2.05) is 0 Å². The first-order valence-electron chi connectivity index (χ1n) is 17.0. The average Bonchev–Trinajstić information content (AvgIpc) is 3.21. The summed E-state index contributed by atoms with van der Waals surface area (Å²) >= 11 is -1.70. The van der Waals surface area contributed by atoms with Crippen molar-refractivity contribution in [3.63, 3.8) is 0 Å². The zero-order valence-corrected chi connectivity index (χ0v) is 46.7. The molecule has 1 aromatic heterocycles. The van der Waals surface area contributed by atoms with E-state index in [1.165, 1.54) is 37.4 Å². The Kier molecular flexibility index (Phi) is 29.7. The minimum Gasteiger partial charge on any atom is -0.748 e. The molecular weight excluding hydrogens is 977 g/mol. The van der Waals surface area contributed by atoms with Crippen LogP contribution >= 0.6 is 0 Å². The molecule has 0 aliphatic heterocycles. The summed E-state index contributed by atoms with van der Waals surface area (Å²) in [5.41, 5.74) is 2.27. The van der Waals surface area contributed by atoms with Crippen LogP contribution in [0.4, 0.5) is 28.7 Å². The third-order valence-corrected chi connectivity index (χ3v) is 10.6. The van der Waals surface area contributed by atoms with Crippen LogP contribution in [0.15, 0.2) is 115 Å². The van der Waals surface area contributed by atoms with Crippen LogP contribution in [-0.4, -0.2) is 94.8 Å². The van der Waals surface area contributed by atoms with Gasteiger partial charge >= 0.3 is 118 Å². The number of anilines is 1. The maximum absolute atomic E-state index is 11.3. The van der Waals surface area contributed by atoms with Gasteiger partial charge in [0.05, 0.1) is 55.6 Å². The van der Waals surface area contributed by atoms with Crippen LogP contribution in [0.25, 0.3) is 0 Å². The van der Waals surface area contributed by atoms with Crippen molar-refractivity contribution in [2.45, 2.75) is 29.1 Å². The van der Waals surface area contributed by atoms with Gasteiger partial charge in [0, 0.05) is 37.4 Å². The topological polar surface area (TPSA) is 345 Å². The molecule has 0 amide bonds. The molecule has 2 N–H and O–H groups in total. The van der Waals surface area contributed by atoms with Gasteiger partial charge in [-0.2, -0.15) is 43.0 Å². The van der Waals surface area contributed by atoms with Crippen LogP contribution in [0.3, 0.4) is 0 Å². The summed E-state index contributed by atoms with van der Waals surface area (Å²) in [5, 5.41) is 26.5. The number of nitrogens with one attached hydrogen (secondary N) is 1. The summed E-state index contributed by atoms with van der Waals surface area (Å²) in [6.07, 6.45) is 1.02. The molecule has 0 fully saturated rings. The summed E-state index contributed by atoms with van der Waals surface area (Å²) < 4.78 is 120. The summed E-state index contributed by atoms with van der Waals surface area (Å²) in [4.78, 5) is 22.0. The fourth-order valence-corrected chi connectivity index (χ4v) is 6.45. The van der Waals surface area contributed by atoms with Gasteiger partial charge in [-0.3, -0.25) is 0 Å². The summed E-state index contributed by atoms with van der Waals surface area (Å²) in [7, 11) is -12.4. The van der Waals surface area contributed by atoms with E-state index >= 15 is 0 Å².